The van der Waals surface area contributed by atoms with Gasteiger partial charge in [-0.2, -0.15) is 5.26 Å². The molecule has 0 atom stereocenters. The molecule has 0 bridgehead atoms. The molecule has 2 aromatic rings. The fourth-order valence-electron chi connectivity index (χ4n) is 1.09. The third kappa shape index (κ3) is 2.47. The van der Waals surface area contributed by atoms with Crippen LogP contribution in [0.1, 0.15) is 5.69 Å². The van der Waals surface area contributed by atoms with Crippen LogP contribution in [-0.4, -0.2) is 9.97 Å². The maximum absolute atomic E-state index is 8.57. The molecule has 4 nitrogen and oxygen atoms in total. The van der Waals surface area contributed by atoms with Gasteiger partial charge in [-0.1, -0.05) is 11.6 Å². The molecule has 0 amide bonds. The molecule has 0 fully saturated rings. The second-order valence-corrected chi connectivity index (χ2v) is 3.37. The zero-order valence-corrected chi connectivity index (χ0v) is 8.85. The highest BCUT2D eigenvalue weighted by Crippen LogP contribution is 2.22. The third-order valence-electron chi connectivity index (χ3n) is 1.77. The van der Waals surface area contributed by atoms with Gasteiger partial charge in [-0.25, -0.2) is 4.98 Å². The van der Waals surface area contributed by atoms with Crippen LogP contribution in [0.25, 0.3) is 0 Å². The summed E-state index contributed by atoms with van der Waals surface area (Å²) in [7, 11) is 0. The van der Waals surface area contributed by atoms with Crippen molar-refractivity contribution in [2.45, 2.75) is 0 Å². The Morgan fingerprint density at radius 2 is 2.06 bits per heavy atom. The topological polar surface area (TPSA) is 58.8 Å². The van der Waals surface area contributed by atoms with Crippen LogP contribution in [-0.2, 0) is 0 Å². The smallest absolute Gasteiger partial charge is 0.147 e. The van der Waals surface area contributed by atoms with E-state index in [-0.39, 0.29) is 0 Å². The highest BCUT2D eigenvalue weighted by Gasteiger charge is 1.99. The first-order valence-corrected chi connectivity index (χ1v) is 4.80. The molecule has 78 valence electrons. The standard InChI is InChI=1S/C11H6ClN3O/c12-8-3-11(6-14-5-8)16-10-2-1-9(4-13)15-7-10/h1-3,5-7H. The number of pyridine rings is 2. The average molecular weight is 232 g/mol. The molecular weight excluding hydrogens is 226 g/mol. The predicted octanol–water partition coefficient (Wildman–Crippen LogP) is 2.79. The molecule has 16 heavy (non-hydrogen) atoms. The van der Waals surface area contributed by atoms with Gasteiger partial charge in [0.05, 0.1) is 17.4 Å². The molecule has 0 aromatic carbocycles. The predicted molar refractivity (Wildman–Crippen MR) is 58.3 cm³/mol. The van der Waals surface area contributed by atoms with Crippen molar-refractivity contribution in [3.8, 4) is 17.6 Å². The second-order valence-electron chi connectivity index (χ2n) is 2.93. The molecule has 0 aliphatic heterocycles. The van der Waals surface area contributed by atoms with Crippen LogP contribution in [0.2, 0.25) is 5.02 Å². The van der Waals surface area contributed by atoms with Crippen LogP contribution in [0, 0.1) is 11.3 Å². The lowest BCUT2D eigenvalue weighted by Crippen LogP contribution is -1.87. The van der Waals surface area contributed by atoms with Crippen molar-refractivity contribution in [3.63, 3.8) is 0 Å². The average Bonchev–Trinajstić information content (AvgIpc) is 2.30. The van der Waals surface area contributed by atoms with Crippen molar-refractivity contribution in [1.29, 1.82) is 5.26 Å². The van der Waals surface area contributed by atoms with Crippen LogP contribution in [0.15, 0.2) is 36.8 Å². The van der Waals surface area contributed by atoms with Crippen LogP contribution >= 0.6 is 11.6 Å². The Hall–Kier alpha value is -2.12. The van der Waals surface area contributed by atoms with Gasteiger partial charge in [0.25, 0.3) is 0 Å². The van der Waals surface area contributed by atoms with Crippen molar-refractivity contribution in [3.05, 3.63) is 47.5 Å². The van der Waals surface area contributed by atoms with E-state index in [2.05, 4.69) is 9.97 Å². The quantitative estimate of drug-likeness (QED) is 0.797. The molecule has 0 N–H and O–H groups in total. The number of nitriles is 1. The first-order valence-electron chi connectivity index (χ1n) is 4.42. The van der Waals surface area contributed by atoms with Crippen LogP contribution < -0.4 is 4.74 Å². The van der Waals surface area contributed by atoms with E-state index in [1.807, 2.05) is 6.07 Å². The number of hydrogen-bond acceptors (Lipinski definition) is 4. The Morgan fingerprint density at radius 3 is 2.69 bits per heavy atom. The molecule has 2 heterocycles. The molecule has 0 saturated heterocycles. The zero-order chi connectivity index (χ0) is 11.4. The Bertz CT molecular complexity index is 534. The lowest BCUT2D eigenvalue weighted by molar-refractivity contribution is 0.478. The maximum Gasteiger partial charge on any atom is 0.147 e. The van der Waals surface area contributed by atoms with Crippen molar-refractivity contribution >= 4 is 11.6 Å². The van der Waals surface area contributed by atoms with E-state index >= 15 is 0 Å². The van der Waals surface area contributed by atoms with Gasteiger partial charge in [-0.05, 0) is 12.1 Å². The van der Waals surface area contributed by atoms with Crippen molar-refractivity contribution in [1.82, 2.24) is 9.97 Å². The molecule has 5 heteroatoms. The second kappa shape index (κ2) is 4.60. The van der Waals surface area contributed by atoms with Crippen LogP contribution in [0.4, 0.5) is 0 Å². The minimum absolute atomic E-state index is 0.344. The summed E-state index contributed by atoms with van der Waals surface area (Å²) in [6.45, 7) is 0. The van der Waals surface area contributed by atoms with E-state index in [4.69, 9.17) is 21.6 Å². The Balaban J connectivity index is 2.18. The van der Waals surface area contributed by atoms with Gasteiger partial charge in [-0.15, -0.1) is 0 Å². The van der Waals surface area contributed by atoms with E-state index in [1.165, 1.54) is 12.4 Å². The monoisotopic (exact) mass is 231 g/mol. The Labute approximate surface area is 97.1 Å². The Morgan fingerprint density at radius 1 is 1.19 bits per heavy atom. The lowest BCUT2D eigenvalue weighted by Gasteiger charge is -2.04. The molecular formula is C11H6ClN3O. The number of nitrogens with zero attached hydrogens (tertiary/aromatic N) is 3. The van der Waals surface area contributed by atoms with Gasteiger partial charge in [-0.3, -0.25) is 4.98 Å². The molecule has 0 spiro atoms. The van der Waals surface area contributed by atoms with E-state index in [9.17, 15) is 0 Å². The molecule has 0 unspecified atom stereocenters. The highest BCUT2D eigenvalue weighted by molar-refractivity contribution is 6.30. The van der Waals surface area contributed by atoms with Gasteiger partial charge >= 0.3 is 0 Å². The summed E-state index contributed by atoms with van der Waals surface area (Å²) in [6, 6.07) is 6.81. The molecule has 0 aliphatic carbocycles. The summed E-state index contributed by atoms with van der Waals surface area (Å²) in [5, 5.41) is 9.07. The number of hydrogen-bond donors (Lipinski definition) is 0. The van der Waals surface area contributed by atoms with E-state index < -0.39 is 0 Å². The maximum atomic E-state index is 8.57. The van der Waals surface area contributed by atoms with Crippen molar-refractivity contribution < 1.29 is 4.74 Å². The molecule has 0 radical (unpaired) electrons. The van der Waals surface area contributed by atoms with E-state index in [0.717, 1.165) is 0 Å². The summed E-state index contributed by atoms with van der Waals surface area (Å²) >= 11 is 5.76. The number of aromatic nitrogens is 2. The summed E-state index contributed by atoms with van der Waals surface area (Å²) in [6.07, 6.45) is 4.54. The first-order chi connectivity index (χ1) is 7.78. The van der Waals surface area contributed by atoms with Crippen molar-refractivity contribution in [2.24, 2.45) is 0 Å². The summed E-state index contributed by atoms with van der Waals surface area (Å²) in [5.41, 5.74) is 0.344. The summed E-state index contributed by atoms with van der Waals surface area (Å²) in [4.78, 5) is 7.76. The summed E-state index contributed by atoms with van der Waals surface area (Å²) < 4.78 is 5.44. The largest absolute Gasteiger partial charge is 0.454 e. The molecule has 0 aliphatic rings. The van der Waals surface area contributed by atoms with E-state index in [0.29, 0.717) is 22.2 Å². The van der Waals surface area contributed by atoms with Gasteiger partial charge in [0.2, 0.25) is 0 Å². The molecule has 2 aromatic heterocycles. The zero-order valence-electron chi connectivity index (χ0n) is 8.09. The molecule has 2 rings (SSSR count). The van der Waals surface area contributed by atoms with Gasteiger partial charge in [0.1, 0.15) is 23.3 Å². The number of halogens is 1. The minimum Gasteiger partial charge on any atom is -0.454 e. The number of ether oxygens (including phenoxy) is 1. The number of rotatable bonds is 2. The molecule has 0 saturated carbocycles. The van der Waals surface area contributed by atoms with Crippen molar-refractivity contribution in [2.75, 3.05) is 0 Å². The fourth-order valence-corrected chi connectivity index (χ4v) is 1.25. The lowest BCUT2D eigenvalue weighted by atomic mass is 10.3. The normalized spacial score (nSPS) is 9.50. The third-order valence-corrected chi connectivity index (χ3v) is 1.97. The van der Waals surface area contributed by atoms with Gasteiger partial charge < -0.3 is 4.74 Å². The van der Waals surface area contributed by atoms with Gasteiger partial charge in [0, 0.05) is 12.3 Å². The van der Waals surface area contributed by atoms with Crippen LogP contribution in [0.3, 0.4) is 0 Å². The minimum atomic E-state index is 0.344. The Kier molecular flexibility index (Phi) is 2.99. The fraction of sp³-hybridized carbons (Fsp3) is 0. The SMILES string of the molecule is N#Cc1ccc(Oc2cncc(Cl)c2)cn1. The first kappa shape index (κ1) is 10.4. The van der Waals surface area contributed by atoms with E-state index in [1.54, 1.807) is 24.4 Å². The summed E-state index contributed by atoms with van der Waals surface area (Å²) in [5.74, 6) is 1.06. The van der Waals surface area contributed by atoms with Gasteiger partial charge in [0.15, 0.2) is 0 Å². The van der Waals surface area contributed by atoms with Crippen LogP contribution in [0.5, 0.6) is 11.5 Å². The highest BCUT2D eigenvalue weighted by atomic mass is 35.5.